The van der Waals surface area contributed by atoms with Crippen molar-refractivity contribution in [1.29, 1.82) is 0 Å². The number of thiazole rings is 1. The number of nitrogens with one attached hydrogen (secondary N) is 1. The van der Waals surface area contributed by atoms with E-state index in [0.29, 0.717) is 17.4 Å². The Labute approximate surface area is 195 Å². The number of benzene rings is 1. The highest BCUT2D eigenvalue weighted by Gasteiger charge is 2.18. The smallest absolute Gasteiger partial charge is 0.223 e. The van der Waals surface area contributed by atoms with Gasteiger partial charge in [0.15, 0.2) is 16.1 Å². The van der Waals surface area contributed by atoms with Crippen molar-refractivity contribution < 1.29 is 9.21 Å². The van der Waals surface area contributed by atoms with Gasteiger partial charge >= 0.3 is 0 Å². The van der Waals surface area contributed by atoms with Crippen LogP contribution in [0.25, 0.3) is 11.4 Å². The zero-order valence-electron chi connectivity index (χ0n) is 18.5. The van der Waals surface area contributed by atoms with E-state index in [0.717, 1.165) is 28.0 Å². The molecule has 166 valence electrons. The van der Waals surface area contributed by atoms with Crippen molar-refractivity contribution in [1.82, 2.24) is 19.7 Å². The van der Waals surface area contributed by atoms with E-state index in [2.05, 4.69) is 70.1 Å². The van der Waals surface area contributed by atoms with E-state index in [4.69, 9.17) is 4.42 Å². The van der Waals surface area contributed by atoms with E-state index in [-0.39, 0.29) is 11.3 Å². The van der Waals surface area contributed by atoms with Crippen LogP contribution in [-0.2, 0) is 22.5 Å². The number of amides is 1. The van der Waals surface area contributed by atoms with Gasteiger partial charge < -0.3 is 9.73 Å². The summed E-state index contributed by atoms with van der Waals surface area (Å²) in [5.74, 6) is 2.12. The molecule has 0 aliphatic heterocycles. The molecule has 0 bridgehead atoms. The summed E-state index contributed by atoms with van der Waals surface area (Å²) in [5, 5.41) is 15.0. The minimum atomic E-state index is -0.126. The molecule has 0 aliphatic carbocycles. The first-order valence-corrected chi connectivity index (χ1v) is 12.1. The third-order valence-electron chi connectivity index (χ3n) is 4.80. The van der Waals surface area contributed by atoms with Gasteiger partial charge in [-0.25, -0.2) is 4.98 Å². The maximum atomic E-state index is 11.2. The molecule has 1 aromatic carbocycles. The van der Waals surface area contributed by atoms with Crippen LogP contribution in [0.2, 0.25) is 0 Å². The standard InChI is InChI=1S/C23H25N5O2S2/c1-15(29)24-21-25-18(13-31-21)14-32-22-27-26-20(28(22)12-19-6-5-11-30-19)16-7-9-17(10-8-16)23(2,3)4/h5-11,13H,12,14H2,1-4H3,(H,24,25,29). The number of hydrogen-bond donors (Lipinski definition) is 1. The number of aromatic nitrogens is 4. The highest BCUT2D eigenvalue weighted by molar-refractivity contribution is 7.98. The Morgan fingerprint density at radius 3 is 2.62 bits per heavy atom. The molecule has 0 unspecified atom stereocenters. The molecule has 4 rings (SSSR count). The molecule has 32 heavy (non-hydrogen) atoms. The molecule has 1 N–H and O–H groups in total. The molecule has 3 heterocycles. The number of carbonyl (C=O) groups excluding carboxylic acids is 1. The third kappa shape index (κ3) is 5.28. The van der Waals surface area contributed by atoms with Crippen molar-refractivity contribution in [3.8, 4) is 11.4 Å². The fraction of sp³-hybridized carbons (Fsp3) is 0.304. The quantitative estimate of drug-likeness (QED) is 0.357. The number of anilines is 1. The van der Waals surface area contributed by atoms with Gasteiger partial charge in [0.2, 0.25) is 5.91 Å². The second-order valence-corrected chi connectivity index (χ2v) is 10.2. The third-order valence-corrected chi connectivity index (χ3v) is 6.61. The summed E-state index contributed by atoms with van der Waals surface area (Å²) >= 11 is 2.97. The molecule has 3 aromatic heterocycles. The number of carbonyl (C=O) groups is 1. The van der Waals surface area contributed by atoms with Crippen molar-refractivity contribution in [3.05, 3.63) is 65.1 Å². The van der Waals surface area contributed by atoms with E-state index in [1.54, 1.807) is 18.0 Å². The largest absolute Gasteiger partial charge is 0.467 e. The fourth-order valence-corrected chi connectivity index (χ4v) is 4.84. The van der Waals surface area contributed by atoms with Crippen LogP contribution in [0, 0.1) is 0 Å². The second-order valence-electron chi connectivity index (χ2n) is 8.41. The Morgan fingerprint density at radius 2 is 1.97 bits per heavy atom. The van der Waals surface area contributed by atoms with E-state index < -0.39 is 0 Å². The molecule has 9 heteroatoms. The molecular formula is C23H25N5O2S2. The van der Waals surface area contributed by atoms with Crippen LogP contribution in [0.3, 0.4) is 0 Å². The van der Waals surface area contributed by atoms with Gasteiger partial charge in [-0.05, 0) is 23.1 Å². The lowest BCUT2D eigenvalue weighted by atomic mass is 9.87. The molecule has 0 saturated heterocycles. The van der Waals surface area contributed by atoms with Crippen LogP contribution in [0.4, 0.5) is 5.13 Å². The normalized spacial score (nSPS) is 11.6. The van der Waals surface area contributed by atoms with Crippen LogP contribution in [0.15, 0.2) is 57.6 Å². The number of nitrogens with zero attached hydrogens (tertiary/aromatic N) is 4. The van der Waals surface area contributed by atoms with Crippen molar-refractivity contribution in [2.24, 2.45) is 0 Å². The Morgan fingerprint density at radius 1 is 1.19 bits per heavy atom. The summed E-state index contributed by atoms with van der Waals surface area (Å²) in [6.45, 7) is 8.61. The highest BCUT2D eigenvalue weighted by Crippen LogP contribution is 2.30. The zero-order chi connectivity index (χ0) is 22.7. The van der Waals surface area contributed by atoms with Crippen molar-refractivity contribution in [2.45, 2.75) is 50.6 Å². The van der Waals surface area contributed by atoms with Crippen LogP contribution in [-0.4, -0.2) is 25.7 Å². The lowest BCUT2D eigenvalue weighted by Crippen LogP contribution is -2.10. The van der Waals surface area contributed by atoms with Crippen LogP contribution >= 0.6 is 23.1 Å². The van der Waals surface area contributed by atoms with E-state index >= 15 is 0 Å². The van der Waals surface area contributed by atoms with Crippen LogP contribution < -0.4 is 5.32 Å². The average molecular weight is 468 g/mol. The van der Waals surface area contributed by atoms with Crippen LogP contribution in [0.5, 0.6) is 0 Å². The molecule has 0 fully saturated rings. The highest BCUT2D eigenvalue weighted by atomic mass is 32.2. The molecule has 0 saturated carbocycles. The number of rotatable bonds is 7. The maximum absolute atomic E-state index is 11.2. The molecule has 0 aliphatic rings. The summed E-state index contributed by atoms with van der Waals surface area (Å²) in [4.78, 5) is 15.7. The molecule has 7 nitrogen and oxygen atoms in total. The molecule has 4 aromatic rings. The Balaban J connectivity index is 1.59. The first-order valence-electron chi connectivity index (χ1n) is 10.2. The second kappa shape index (κ2) is 9.30. The summed E-state index contributed by atoms with van der Waals surface area (Å²) in [6, 6.07) is 12.3. The first-order chi connectivity index (χ1) is 15.3. The van der Waals surface area contributed by atoms with Gasteiger partial charge in [0.05, 0.1) is 18.5 Å². The van der Waals surface area contributed by atoms with Gasteiger partial charge in [-0.15, -0.1) is 21.5 Å². The minimum Gasteiger partial charge on any atom is -0.467 e. The lowest BCUT2D eigenvalue weighted by molar-refractivity contribution is -0.114. The van der Waals surface area contributed by atoms with Crippen LogP contribution in [0.1, 0.15) is 44.7 Å². The van der Waals surface area contributed by atoms with Gasteiger partial charge in [0.25, 0.3) is 0 Å². The first kappa shape index (κ1) is 22.3. The average Bonchev–Trinajstić information content (AvgIpc) is 3.48. The molecule has 0 spiro atoms. The predicted molar refractivity (Wildman–Crippen MR) is 128 cm³/mol. The maximum Gasteiger partial charge on any atom is 0.223 e. The number of thioether (sulfide) groups is 1. The van der Waals surface area contributed by atoms with E-state index in [9.17, 15) is 4.79 Å². The summed E-state index contributed by atoms with van der Waals surface area (Å²) in [5.41, 5.74) is 3.25. The zero-order valence-corrected chi connectivity index (χ0v) is 20.1. The van der Waals surface area contributed by atoms with E-state index in [1.807, 2.05) is 17.5 Å². The van der Waals surface area contributed by atoms with Crippen molar-refractivity contribution in [2.75, 3.05) is 5.32 Å². The Hall–Kier alpha value is -2.91. The molecule has 1 amide bonds. The number of hydrogen-bond acceptors (Lipinski definition) is 7. The fourth-order valence-electron chi connectivity index (χ4n) is 3.15. The topological polar surface area (TPSA) is 85.8 Å². The monoisotopic (exact) mass is 467 g/mol. The molecule has 0 atom stereocenters. The van der Waals surface area contributed by atoms with Gasteiger partial charge in [-0.3, -0.25) is 9.36 Å². The Kier molecular flexibility index (Phi) is 6.48. The minimum absolute atomic E-state index is 0.0883. The SMILES string of the molecule is CC(=O)Nc1nc(CSc2nnc(-c3ccc(C(C)(C)C)cc3)n2Cc2ccco2)cs1. The van der Waals surface area contributed by atoms with Gasteiger partial charge in [0.1, 0.15) is 5.76 Å². The van der Waals surface area contributed by atoms with Gasteiger partial charge in [-0.1, -0.05) is 56.8 Å². The van der Waals surface area contributed by atoms with Crippen molar-refractivity contribution >= 4 is 34.1 Å². The summed E-state index contributed by atoms with van der Waals surface area (Å²) in [6.07, 6.45) is 1.67. The van der Waals surface area contributed by atoms with Crippen molar-refractivity contribution in [3.63, 3.8) is 0 Å². The molecule has 0 radical (unpaired) electrons. The predicted octanol–water partition coefficient (Wildman–Crippen LogP) is 5.59. The number of furan rings is 1. The lowest BCUT2D eigenvalue weighted by Gasteiger charge is -2.19. The Bertz CT molecular complexity index is 1190. The summed E-state index contributed by atoms with van der Waals surface area (Å²) < 4.78 is 7.65. The van der Waals surface area contributed by atoms with Gasteiger partial charge in [0, 0.05) is 23.6 Å². The molecular weight excluding hydrogens is 442 g/mol. The van der Waals surface area contributed by atoms with E-state index in [1.165, 1.54) is 23.8 Å². The van der Waals surface area contributed by atoms with Gasteiger partial charge in [-0.2, -0.15) is 0 Å². The summed E-state index contributed by atoms with van der Waals surface area (Å²) in [7, 11) is 0.